The number of carbonyl (C=O) groups is 3. The maximum atomic E-state index is 11.4. The summed E-state index contributed by atoms with van der Waals surface area (Å²) in [5.41, 5.74) is 0. The third kappa shape index (κ3) is 7.62. The summed E-state index contributed by atoms with van der Waals surface area (Å²) in [6.45, 7) is 5.15. The van der Waals surface area contributed by atoms with Crippen molar-refractivity contribution >= 4 is 28.9 Å². The molecule has 0 bridgehead atoms. The van der Waals surface area contributed by atoms with E-state index < -0.39 is 17.3 Å². The van der Waals surface area contributed by atoms with Crippen LogP contribution in [0.5, 0.6) is 0 Å². The summed E-state index contributed by atoms with van der Waals surface area (Å²) >= 11 is 0.829. The van der Waals surface area contributed by atoms with E-state index in [1.807, 2.05) is 0 Å². The van der Waals surface area contributed by atoms with E-state index in [2.05, 4.69) is 5.32 Å². The first-order chi connectivity index (χ1) is 8.01. The van der Waals surface area contributed by atoms with Gasteiger partial charge in [-0.05, 0) is 25.6 Å². The summed E-state index contributed by atoms with van der Waals surface area (Å²) in [5.74, 6) is -0.816. The van der Waals surface area contributed by atoms with Crippen LogP contribution < -0.4 is 5.32 Å². The van der Waals surface area contributed by atoms with Gasteiger partial charge in [0.05, 0.1) is 13.2 Å². The Morgan fingerprint density at radius 1 is 1.18 bits per heavy atom. The SMILES string of the molecule is CCOC(=O)SC[C@H](NC(C)=O)C(=O)OCC. The van der Waals surface area contributed by atoms with Gasteiger partial charge in [-0.25, -0.2) is 9.59 Å². The van der Waals surface area contributed by atoms with E-state index >= 15 is 0 Å². The number of thioether (sulfide) groups is 1. The molecule has 17 heavy (non-hydrogen) atoms. The molecule has 7 heteroatoms. The molecule has 98 valence electrons. The quantitative estimate of drug-likeness (QED) is 0.718. The number of rotatable bonds is 6. The third-order valence-electron chi connectivity index (χ3n) is 1.58. The Labute approximate surface area is 104 Å². The lowest BCUT2D eigenvalue weighted by Gasteiger charge is -2.15. The molecule has 1 N–H and O–H groups in total. The van der Waals surface area contributed by atoms with E-state index in [-0.39, 0.29) is 24.9 Å². The summed E-state index contributed by atoms with van der Waals surface area (Å²) in [7, 11) is 0. The lowest BCUT2D eigenvalue weighted by atomic mass is 10.3. The van der Waals surface area contributed by atoms with Crippen LogP contribution >= 0.6 is 11.8 Å². The fourth-order valence-electron chi connectivity index (χ4n) is 0.968. The van der Waals surface area contributed by atoms with Gasteiger partial charge in [0.1, 0.15) is 6.04 Å². The Bertz CT molecular complexity index is 282. The Hall–Kier alpha value is -1.24. The first kappa shape index (κ1) is 15.8. The van der Waals surface area contributed by atoms with Gasteiger partial charge < -0.3 is 14.8 Å². The van der Waals surface area contributed by atoms with Crippen LogP contribution in [-0.4, -0.2) is 42.2 Å². The molecule has 0 saturated heterocycles. The third-order valence-corrected chi connectivity index (χ3v) is 2.43. The van der Waals surface area contributed by atoms with Crippen LogP contribution in [0, 0.1) is 0 Å². The minimum absolute atomic E-state index is 0.0945. The molecule has 6 nitrogen and oxygen atoms in total. The van der Waals surface area contributed by atoms with Crippen molar-refractivity contribution < 1.29 is 23.9 Å². The number of hydrogen-bond donors (Lipinski definition) is 1. The van der Waals surface area contributed by atoms with Gasteiger partial charge in [-0.3, -0.25) is 4.79 Å². The van der Waals surface area contributed by atoms with E-state index in [0.717, 1.165) is 11.8 Å². The summed E-state index contributed by atoms with van der Waals surface area (Å²) in [5, 5.41) is 1.94. The molecule has 0 unspecified atom stereocenters. The van der Waals surface area contributed by atoms with Gasteiger partial charge in [0.25, 0.3) is 0 Å². The van der Waals surface area contributed by atoms with Crippen molar-refractivity contribution in [3.63, 3.8) is 0 Å². The minimum Gasteiger partial charge on any atom is -0.464 e. The van der Waals surface area contributed by atoms with Gasteiger partial charge in [0.2, 0.25) is 5.91 Å². The lowest BCUT2D eigenvalue weighted by molar-refractivity contribution is -0.146. The molecule has 0 aliphatic carbocycles. The summed E-state index contributed by atoms with van der Waals surface area (Å²) in [6, 6.07) is -0.832. The fraction of sp³-hybridized carbons (Fsp3) is 0.700. The number of amides is 1. The van der Waals surface area contributed by atoms with Crippen molar-refractivity contribution in [2.24, 2.45) is 0 Å². The zero-order valence-corrected chi connectivity index (χ0v) is 11.0. The topological polar surface area (TPSA) is 81.7 Å². The number of esters is 1. The van der Waals surface area contributed by atoms with E-state index in [1.165, 1.54) is 6.92 Å². The fourth-order valence-corrected chi connectivity index (χ4v) is 1.69. The molecule has 1 amide bonds. The molecule has 0 aliphatic rings. The predicted molar refractivity (Wildman–Crippen MR) is 63.7 cm³/mol. The molecule has 0 aromatic heterocycles. The molecule has 0 aromatic carbocycles. The van der Waals surface area contributed by atoms with E-state index in [1.54, 1.807) is 13.8 Å². The van der Waals surface area contributed by atoms with E-state index in [9.17, 15) is 14.4 Å². The number of ether oxygens (including phenoxy) is 2. The highest BCUT2D eigenvalue weighted by molar-refractivity contribution is 8.13. The van der Waals surface area contributed by atoms with Crippen molar-refractivity contribution in [1.82, 2.24) is 5.32 Å². The Morgan fingerprint density at radius 3 is 2.24 bits per heavy atom. The first-order valence-corrected chi connectivity index (χ1v) is 6.23. The molecule has 0 aliphatic heterocycles. The molecule has 0 saturated carbocycles. The predicted octanol–water partition coefficient (Wildman–Crippen LogP) is 0.944. The largest absolute Gasteiger partial charge is 0.464 e. The molecule has 0 spiro atoms. The van der Waals surface area contributed by atoms with Gasteiger partial charge in [0.15, 0.2) is 0 Å². The Balaban J connectivity index is 4.23. The molecule has 0 aromatic rings. The van der Waals surface area contributed by atoms with Crippen molar-refractivity contribution in [1.29, 1.82) is 0 Å². The minimum atomic E-state index is -0.832. The van der Waals surface area contributed by atoms with Gasteiger partial charge >= 0.3 is 11.3 Å². The number of hydrogen-bond acceptors (Lipinski definition) is 6. The molecule has 0 radical (unpaired) electrons. The van der Waals surface area contributed by atoms with Gasteiger partial charge in [-0.15, -0.1) is 0 Å². The van der Waals surface area contributed by atoms with Gasteiger partial charge in [0, 0.05) is 12.7 Å². The second kappa shape index (κ2) is 8.86. The zero-order chi connectivity index (χ0) is 13.3. The van der Waals surface area contributed by atoms with Crippen LogP contribution in [0.1, 0.15) is 20.8 Å². The normalized spacial score (nSPS) is 11.5. The van der Waals surface area contributed by atoms with Crippen LogP contribution in [-0.2, 0) is 19.1 Å². The average Bonchev–Trinajstić information content (AvgIpc) is 2.24. The number of carbonyl (C=O) groups excluding carboxylic acids is 3. The highest BCUT2D eigenvalue weighted by atomic mass is 32.2. The molecule has 1 atom stereocenters. The van der Waals surface area contributed by atoms with E-state index in [0.29, 0.717) is 0 Å². The van der Waals surface area contributed by atoms with Crippen LogP contribution in [0.2, 0.25) is 0 Å². The van der Waals surface area contributed by atoms with Crippen LogP contribution in [0.3, 0.4) is 0 Å². The second-order valence-electron chi connectivity index (χ2n) is 3.00. The second-order valence-corrected chi connectivity index (χ2v) is 3.95. The zero-order valence-electron chi connectivity index (χ0n) is 10.1. The van der Waals surface area contributed by atoms with Crippen molar-refractivity contribution in [3.8, 4) is 0 Å². The molecule has 0 rings (SSSR count). The number of nitrogens with one attached hydrogen (secondary N) is 1. The lowest BCUT2D eigenvalue weighted by Crippen LogP contribution is -2.42. The molecular weight excluding hydrogens is 246 g/mol. The molecular formula is C10H17NO5S. The van der Waals surface area contributed by atoms with Crippen molar-refractivity contribution in [3.05, 3.63) is 0 Å². The highest BCUT2D eigenvalue weighted by Crippen LogP contribution is 2.08. The first-order valence-electron chi connectivity index (χ1n) is 5.24. The van der Waals surface area contributed by atoms with Crippen LogP contribution in [0.15, 0.2) is 0 Å². The van der Waals surface area contributed by atoms with Crippen molar-refractivity contribution in [2.45, 2.75) is 26.8 Å². The smallest absolute Gasteiger partial charge is 0.367 e. The maximum Gasteiger partial charge on any atom is 0.367 e. The molecule has 0 fully saturated rings. The monoisotopic (exact) mass is 263 g/mol. The van der Waals surface area contributed by atoms with Crippen LogP contribution in [0.4, 0.5) is 4.79 Å². The average molecular weight is 263 g/mol. The van der Waals surface area contributed by atoms with Gasteiger partial charge in [-0.1, -0.05) is 0 Å². The Kier molecular flexibility index (Phi) is 8.21. The molecule has 0 heterocycles. The maximum absolute atomic E-state index is 11.4. The van der Waals surface area contributed by atoms with E-state index in [4.69, 9.17) is 9.47 Å². The summed E-state index contributed by atoms with van der Waals surface area (Å²) in [4.78, 5) is 33.4. The summed E-state index contributed by atoms with van der Waals surface area (Å²) in [6.07, 6.45) is 0. The summed E-state index contributed by atoms with van der Waals surface area (Å²) < 4.78 is 9.47. The Morgan fingerprint density at radius 2 is 1.76 bits per heavy atom. The standard InChI is InChI=1S/C10H17NO5S/c1-4-15-9(13)8(11-7(3)12)6-17-10(14)16-5-2/h8H,4-6H2,1-3H3,(H,11,12)/t8-/m0/s1. The van der Waals surface area contributed by atoms with Crippen molar-refractivity contribution in [2.75, 3.05) is 19.0 Å². The van der Waals surface area contributed by atoms with Gasteiger partial charge in [-0.2, -0.15) is 0 Å². The highest BCUT2D eigenvalue weighted by Gasteiger charge is 2.22. The van der Waals surface area contributed by atoms with Crippen LogP contribution in [0.25, 0.3) is 0 Å².